The van der Waals surface area contributed by atoms with Crippen molar-refractivity contribution in [2.75, 3.05) is 27.8 Å². The van der Waals surface area contributed by atoms with Gasteiger partial charge in [-0.25, -0.2) is 4.98 Å². The summed E-state index contributed by atoms with van der Waals surface area (Å²) in [7, 11) is 5.10. The summed E-state index contributed by atoms with van der Waals surface area (Å²) in [5.74, 6) is 0.591. The standard InChI is InChI=1S/C22H24ClN3O3S/c1-25(2)20(27)16-7-5-15(6-8-16)14-30-22-24-19-13-17(23)9-10-18(19)21(28)26(22)11-4-12-29-3/h5-10,13H,4,11-12,14H2,1-3H3. The summed E-state index contributed by atoms with van der Waals surface area (Å²) in [4.78, 5) is 31.3. The Balaban J connectivity index is 1.87. The fraction of sp³-hybridized carbons (Fsp3) is 0.318. The van der Waals surface area contributed by atoms with Gasteiger partial charge in [-0.05, 0) is 42.3 Å². The van der Waals surface area contributed by atoms with Gasteiger partial charge in [-0.1, -0.05) is 35.5 Å². The minimum atomic E-state index is -0.0813. The molecule has 0 spiro atoms. The van der Waals surface area contributed by atoms with Crippen LogP contribution in [-0.2, 0) is 17.0 Å². The van der Waals surface area contributed by atoms with Gasteiger partial charge in [0.25, 0.3) is 11.5 Å². The Morgan fingerprint density at radius 2 is 1.93 bits per heavy atom. The van der Waals surface area contributed by atoms with Crippen LogP contribution in [0, 0.1) is 0 Å². The van der Waals surface area contributed by atoms with Crippen molar-refractivity contribution >= 4 is 40.2 Å². The molecule has 0 N–H and O–H groups in total. The van der Waals surface area contributed by atoms with Gasteiger partial charge in [-0.3, -0.25) is 14.2 Å². The zero-order valence-electron chi connectivity index (χ0n) is 17.2. The topological polar surface area (TPSA) is 64.4 Å². The van der Waals surface area contributed by atoms with Gasteiger partial charge in [0.1, 0.15) is 0 Å². The van der Waals surface area contributed by atoms with E-state index < -0.39 is 0 Å². The van der Waals surface area contributed by atoms with Crippen LogP contribution in [0.1, 0.15) is 22.3 Å². The van der Waals surface area contributed by atoms with E-state index in [-0.39, 0.29) is 11.5 Å². The van der Waals surface area contributed by atoms with Crippen molar-refractivity contribution in [3.05, 3.63) is 69.0 Å². The van der Waals surface area contributed by atoms with E-state index in [1.165, 1.54) is 11.8 Å². The van der Waals surface area contributed by atoms with Gasteiger partial charge in [0.2, 0.25) is 0 Å². The number of hydrogen-bond acceptors (Lipinski definition) is 5. The number of fused-ring (bicyclic) bond motifs is 1. The molecule has 2 aromatic carbocycles. The summed E-state index contributed by atoms with van der Waals surface area (Å²) in [6.07, 6.45) is 0.714. The first-order chi connectivity index (χ1) is 14.4. The normalized spacial score (nSPS) is 11.1. The minimum absolute atomic E-state index is 0.0331. The number of carbonyl (C=O) groups is 1. The maximum absolute atomic E-state index is 13.0. The summed E-state index contributed by atoms with van der Waals surface area (Å²) in [6, 6.07) is 12.6. The first kappa shape index (κ1) is 22.3. The Kier molecular flexibility index (Phi) is 7.53. The van der Waals surface area contributed by atoms with Crippen LogP contribution in [0.2, 0.25) is 5.02 Å². The van der Waals surface area contributed by atoms with Gasteiger partial charge in [0.15, 0.2) is 5.16 Å². The van der Waals surface area contributed by atoms with Gasteiger partial charge in [0, 0.05) is 50.7 Å². The van der Waals surface area contributed by atoms with Crippen LogP contribution in [0.5, 0.6) is 0 Å². The Morgan fingerprint density at radius 3 is 2.60 bits per heavy atom. The second kappa shape index (κ2) is 10.1. The zero-order valence-corrected chi connectivity index (χ0v) is 18.8. The highest BCUT2D eigenvalue weighted by Crippen LogP contribution is 2.24. The van der Waals surface area contributed by atoms with Gasteiger partial charge in [-0.15, -0.1) is 0 Å². The molecule has 0 atom stereocenters. The smallest absolute Gasteiger partial charge is 0.262 e. The minimum Gasteiger partial charge on any atom is -0.385 e. The first-order valence-corrected chi connectivity index (χ1v) is 10.9. The molecule has 0 fully saturated rings. The molecule has 0 aliphatic carbocycles. The van der Waals surface area contributed by atoms with Gasteiger partial charge in [-0.2, -0.15) is 0 Å². The van der Waals surface area contributed by atoms with E-state index >= 15 is 0 Å². The maximum atomic E-state index is 13.0. The van der Waals surface area contributed by atoms with Gasteiger partial charge in [0.05, 0.1) is 10.9 Å². The van der Waals surface area contributed by atoms with Crippen molar-refractivity contribution in [3.63, 3.8) is 0 Å². The largest absolute Gasteiger partial charge is 0.385 e. The van der Waals surface area contributed by atoms with Crippen molar-refractivity contribution in [1.29, 1.82) is 0 Å². The number of aromatic nitrogens is 2. The number of benzene rings is 2. The van der Waals surface area contributed by atoms with Crippen LogP contribution >= 0.6 is 23.4 Å². The number of ether oxygens (including phenoxy) is 1. The average Bonchev–Trinajstić information content (AvgIpc) is 2.73. The van der Waals surface area contributed by atoms with Crippen LogP contribution in [-0.4, -0.2) is 48.2 Å². The molecule has 0 aliphatic rings. The summed E-state index contributed by atoms with van der Waals surface area (Å²) >= 11 is 7.58. The fourth-order valence-electron chi connectivity index (χ4n) is 3.00. The molecular formula is C22H24ClN3O3S. The monoisotopic (exact) mass is 445 g/mol. The molecule has 8 heteroatoms. The second-order valence-electron chi connectivity index (χ2n) is 7.04. The Labute approximate surface area is 184 Å². The van der Waals surface area contributed by atoms with Crippen molar-refractivity contribution in [3.8, 4) is 0 Å². The first-order valence-electron chi connectivity index (χ1n) is 9.53. The lowest BCUT2D eigenvalue weighted by atomic mass is 10.1. The van der Waals surface area contributed by atoms with Crippen LogP contribution in [0.25, 0.3) is 10.9 Å². The van der Waals surface area contributed by atoms with Crippen molar-refractivity contribution in [1.82, 2.24) is 14.5 Å². The molecule has 30 heavy (non-hydrogen) atoms. The highest BCUT2D eigenvalue weighted by Gasteiger charge is 2.13. The van der Waals surface area contributed by atoms with E-state index in [2.05, 4.69) is 0 Å². The van der Waals surface area contributed by atoms with Crippen LogP contribution in [0.15, 0.2) is 52.4 Å². The quantitative estimate of drug-likeness (QED) is 0.297. The maximum Gasteiger partial charge on any atom is 0.262 e. The fourth-order valence-corrected chi connectivity index (χ4v) is 4.15. The lowest BCUT2D eigenvalue weighted by molar-refractivity contribution is 0.0827. The number of methoxy groups -OCH3 is 1. The molecular weight excluding hydrogens is 422 g/mol. The van der Waals surface area contributed by atoms with Crippen LogP contribution < -0.4 is 5.56 Å². The van der Waals surface area contributed by atoms with Crippen LogP contribution in [0.3, 0.4) is 0 Å². The number of amides is 1. The van der Waals surface area contributed by atoms with E-state index in [1.54, 1.807) is 48.9 Å². The van der Waals surface area contributed by atoms with E-state index in [4.69, 9.17) is 21.3 Å². The number of halogens is 1. The summed E-state index contributed by atoms with van der Waals surface area (Å²) in [6.45, 7) is 1.09. The molecule has 0 bridgehead atoms. The molecule has 1 heterocycles. The molecule has 0 saturated carbocycles. The lowest BCUT2D eigenvalue weighted by Gasteiger charge is -2.13. The molecule has 0 aliphatic heterocycles. The van der Waals surface area contributed by atoms with Gasteiger partial charge >= 0.3 is 0 Å². The predicted molar refractivity (Wildman–Crippen MR) is 122 cm³/mol. The molecule has 1 amide bonds. The van der Waals surface area contributed by atoms with E-state index in [9.17, 15) is 9.59 Å². The number of carbonyl (C=O) groups excluding carboxylic acids is 1. The summed E-state index contributed by atoms with van der Waals surface area (Å²) in [5, 5.41) is 1.73. The molecule has 0 radical (unpaired) electrons. The number of rotatable bonds is 8. The average molecular weight is 446 g/mol. The SMILES string of the molecule is COCCCn1c(SCc2ccc(C(=O)N(C)C)cc2)nc2cc(Cl)ccc2c1=O. The molecule has 1 aromatic heterocycles. The predicted octanol–water partition coefficient (Wildman–Crippen LogP) is 4.08. The van der Waals surface area contributed by atoms with Crippen molar-refractivity contribution in [2.45, 2.75) is 23.9 Å². The third-order valence-electron chi connectivity index (χ3n) is 4.59. The number of thioether (sulfide) groups is 1. The third kappa shape index (κ3) is 5.22. The Hall–Kier alpha value is -2.35. The highest BCUT2D eigenvalue weighted by molar-refractivity contribution is 7.98. The zero-order chi connectivity index (χ0) is 21.7. The Morgan fingerprint density at radius 1 is 1.20 bits per heavy atom. The summed E-state index contributed by atoms with van der Waals surface area (Å²) in [5.41, 5.74) is 2.19. The second-order valence-corrected chi connectivity index (χ2v) is 8.42. The third-order valence-corrected chi connectivity index (χ3v) is 5.87. The van der Waals surface area contributed by atoms with Crippen LogP contribution in [0.4, 0.5) is 0 Å². The van der Waals surface area contributed by atoms with Gasteiger partial charge < -0.3 is 9.64 Å². The Bertz CT molecular complexity index is 1100. The molecule has 0 saturated heterocycles. The van der Waals surface area contributed by atoms with Crippen molar-refractivity contribution in [2.24, 2.45) is 0 Å². The van der Waals surface area contributed by atoms with E-state index in [0.717, 1.165) is 5.56 Å². The number of nitrogens with zero attached hydrogens (tertiary/aromatic N) is 3. The van der Waals surface area contributed by atoms with Crippen molar-refractivity contribution < 1.29 is 9.53 Å². The molecule has 158 valence electrons. The molecule has 3 aromatic rings. The van der Waals surface area contributed by atoms with E-state index in [0.29, 0.717) is 52.0 Å². The molecule has 6 nitrogen and oxygen atoms in total. The van der Waals surface area contributed by atoms with E-state index in [1.807, 2.05) is 24.3 Å². The highest BCUT2D eigenvalue weighted by atomic mass is 35.5. The molecule has 0 unspecified atom stereocenters. The molecule has 3 rings (SSSR count). The summed E-state index contributed by atoms with van der Waals surface area (Å²) < 4.78 is 6.83. The number of hydrogen-bond donors (Lipinski definition) is 0. The lowest BCUT2D eigenvalue weighted by Crippen LogP contribution is -2.24.